The van der Waals surface area contributed by atoms with E-state index in [1.165, 1.54) is 0 Å². The molecule has 1 atom stereocenters. The Morgan fingerprint density at radius 1 is 1.15 bits per heavy atom. The quantitative estimate of drug-likeness (QED) is 0.873. The van der Waals surface area contributed by atoms with Gasteiger partial charge in [-0.2, -0.15) is 0 Å². The van der Waals surface area contributed by atoms with Gasteiger partial charge in [-0.1, -0.05) is 30.3 Å². The lowest BCUT2D eigenvalue weighted by Gasteiger charge is -2.28. The summed E-state index contributed by atoms with van der Waals surface area (Å²) in [6, 6.07) is 15.9. The van der Waals surface area contributed by atoms with Crippen molar-refractivity contribution in [1.82, 2.24) is 4.90 Å². The molecule has 6 nitrogen and oxygen atoms in total. The number of nitrogens with one attached hydrogen (secondary N) is 1. The zero-order chi connectivity index (χ0) is 18.6. The van der Waals surface area contributed by atoms with Crippen LogP contribution < -0.4 is 10.1 Å². The number of hydrogen-bond donors (Lipinski definition) is 1. The van der Waals surface area contributed by atoms with Crippen LogP contribution in [0.4, 0.5) is 10.5 Å². The zero-order valence-electron chi connectivity index (χ0n) is 14.6. The fraction of sp³-hybridized carbons (Fsp3) is 0.316. The molecule has 26 heavy (non-hydrogen) atoms. The van der Waals surface area contributed by atoms with Crippen molar-refractivity contribution in [2.75, 3.05) is 23.9 Å². The Morgan fingerprint density at radius 3 is 2.42 bits per heavy atom. The van der Waals surface area contributed by atoms with Crippen molar-refractivity contribution >= 4 is 21.6 Å². The molecular weight excluding hydrogens is 352 g/mol. The Kier molecular flexibility index (Phi) is 5.46. The van der Waals surface area contributed by atoms with Crippen molar-refractivity contribution in [2.24, 2.45) is 0 Å². The Balaban J connectivity index is 1.79. The molecule has 0 saturated carbocycles. The maximum absolute atomic E-state index is 12.8. The molecule has 0 spiro atoms. The van der Waals surface area contributed by atoms with Crippen molar-refractivity contribution in [1.29, 1.82) is 0 Å². The van der Waals surface area contributed by atoms with E-state index in [2.05, 4.69) is 5.32 Å². The average Bonchev–Trinajstić information content (AvgIpc) is 3.00. The Morgan fingerprint density at radius 2 is 1.85 bits per heavy atom. The van der Waals surface area contributed by atoms with Crippen LogP contribution in [0.25, 0.3) is 0 Å². The number of nitrogens with zero attached hydrogens (tertiary/aromatic N) is 1. The van der Waals surface area contributed by atoms with E-state index in [1.54, 1.807) is 24.1 Å². The van der Waals surface area contributed by atoms with Gasteiger partial charge in [0.2, 0.25) is 0 Å². The lowest BCUT2D eigenvalue weighted by atomic mass is 10.1. The number of hydrogen-bond acceptors (Lipinski definition) is 4. The number of para-hydroxylation sites is 1. The van der Waals surface area contributed by atoms with Gasteiger partial charge < -0.3 is 15.0 Å². The lowest BCUT2D eigenvalue weighted by Crippen LogP contribution is -2.43. The minimum Gasteiger partial charge on any atom is -0.497 e. The van der Waals surface area contributed by atoms with Gasteiger partial charge in [0.25, 0.3) is 0 Å². The first-order chi connectivity index (χ1) is 12.5. The number of sulfone groups is 1. The van der Waals surface area contributed by atoms with Crippen molar-refractivity contribution < 1.29 is 17.9 Å². The van der Waals surface area contributed by atoms with E-state index >= 15 is 0 Å². The molecule has 1 heterocycles. The number of amides is 2. The topological polar surface area (TPSA) is 75.7 Å². The summed E-state index contributed by atoms with van der Waals surface area (Å²) in [5.74, 6) is 0.860. The van der Waals surface area contributed by atoms with Crippen LogP contribution in [-0.2, 0) is 16.4 Å². The van der Waals surface area contributed by atoms with Gasteiger partial charge in [0.1, 0.15) is 5.75 Å². The first-order valence-corrected chi connectivity index (χ1v) is 10.2. The molecular formula is C19H22N2O4S. The number of anilines is 1. The molecule has 1 N–H and O–H groups in total. The molecule has 1 saturated heterocycles. The van der Waals surface area contributed by atoms with Crippen LogP contribution >= 0.6 is 0 Å². The number of carbonyl (C=O) groups excluding carboxylic acids is 1. The number of methoxy groups -OCH3 is 1. The highest BCUT2D eigenvalue weighted by atomic mass is 32.2. The van der Waals surface area contributed by atoms with Crippen LogP contribution in [0.15, 0.2) is 54.6 Å². The summed E-state index contributed by atoms with van der Waals surface area (Å²) in [5.41, 5.74) is 1.59. The Labute approximate surface area is 153 Å². The molecule has 2 amide bonds. The van der Waals surface area contributed by atoms with Crippen LogP contribution in [-0.4, -0.2) is 44.0 Å². The van der Waals surface area contributed by atoms with Crippen LogP contribution in [0.1, 0.15) is 12.0 Å². The van der Waals surface area contributed by atoms with E-state index in [0.29, 0.717) is 18.7 Å². The summed E-state index contributed by atoms with van der Waals surface area (Å²) in [7, 11) is -1.50. The summed E-state index contributed by atoms with van der Waals surface area (Å²) in [5, 5.41) is 2.86. The van der Waals surface area contributed by atoms with Gasteiger partial charge in [-0.3, -0.25) is 0 Å². The molecule has 138 valence electrons. The van der Waals surface area contributed by atoms with Gasteiger partial charge in [0.05, 0.1) is 18.6 Å². The Hall–Kier alpha value is -2.54. The smallest absolute Gasteiger partial charge is 0.322 e. The van der Waals surface area contributed by atoms with Crippen LogP contribution in [0, 0.1) is 0 Å². The van der Waals surface area contributed by atoms with Crippen LogP contribution in [0.5, 0.6) is 5.75 Å². The molecule has 1 aliphatic heterocycles. The molecule has 3 rings (SSSR count). The normalized spacial score (nSPS) is 18.3. The number of ether oxygens (including phenoxy) is 1. The first kappa shape index (κ1) is 18.3. The van der Waals surface area contributed by atoms with E-state index in [-0.39, 0.29) is 23.6 Å². The van der Waals surface area contributed by atoms with Crippen molar-refractivity contribution in [3.8, 4) is 5.75 Å². The highest BCUT2D eigenvalue weighted by Crippen LogP contribution is 2.22. The predicted molar refractivity (Wildman–Crippen MR) is 101 cm³/mol. The fourth-order valence-electron chi connectivity index (χ4n) is 3.03. The second-order valence-corrected chi connectivity index (χ2v) is 8.56. The molecule has 0 aliphatic carbocycles. The molecule has 0 aromatic heterocycles. The molecule has 0 unspecified atom stereocenters. The summed E-state index contributed by atoms with van der Waals surface area (Å²) >= 11 is 0. The molecule has 1 aliphatic rings. The summed E-state index contributed by atoms with van der Waals surface area (Å²) in [6.07, 6.45) is 0.459. The number of carbonyl (C=O) groups is 1. The molecule has 0 bridgehead atoms. The van der Waals surface area contributed by atoms with Gasteiger partial charge >= 0.3 is 6.03 Å². The molecule has 7 heteroatoms. The van der Waals surface area contributed by atoms with Gasteiger partial charge in [-0.05, 0) is 36.2 Å². The van der Waals surface area contributed by atoms with E-state index in [1.807, 2.05) is 42.5 Å². The van der Waals surface area contributed by atoms with Crippen LogP contribution in [0.3, 0.4) is 0 Å². The van der Waals surface area contributed by atoms with Gasteiger partial charge in [-0.25, -0.2) is 13.2 Å². The molecule has 2 aromatic carbocycles. The van der Waals surface area contributed by atoms with E-state index in [0.717, 1.165) is 11.3 Å². The lowest BCUT2D eigenvalue weighted by molar-refractivity contribution is 0.190. The average molecular weight is 374 g/mol. The summed E-state index contributed by atoms with van der Waals surface area (Å²) in [4.78, 5) is 14.4. The molecule has 2 aromatic rings. The van der Waals surface area contributed by atoms with E-state index in [9.17, 15) is 13.2 Å². The number of urea groups is 1. The third-order valence-corrected chi connectivity index (χ3v) is 6.20. The largest absolute Gasteiger partial charge is 0.497 e. The van der Waals surface area contributed by atoms with Crippen LogP contribution in [0.2, 0.25) is 0 Å². The molecule has 0 radical (unpaired) electrons. The van der Waals surface area contributed by atoms with E-state index in [4.69, 9.17) is 4.74 Å². The van der Waals surface area contributed by atoms with Gasteiger partial charge in [0.15, 0.2) is 9.84 Å². The van der Waals surface area contributed by atoms with Crippen molar-refractivity contribution in [3.63, 3.8) is 0 Å². The monoisotopic (exact) mass is 374 g/mol. The second kappa shape index (κ2) is 7.78. The standard InChI is InChI=1S/C19H22N2O4S/c1-25-18-9-7-15(8-10-18)13-21(17-11-12-26(23,24)14-17)19(22)20-16-5-3-2-4-6-16/h2-10,17H,11-14H2,1H3,(H,20,22)/t17-/m0/s1. The zero-order valence-corrected chi connectivity index (χ0v) is 15.4. The third-order valence-electron chi connectivity index (χ3n) is 4.45. The minimum atomic E-state index is -3.09. The SMILES string of the molecule is COc1ccc(CN(C(=O)Nc2ccccc2)[C@H]2CCS(=O)(=O)C2)cc1. The van der Waals surface area contributed by atoms with Crippen molar-refractivity contribution in [3.05, 3.63) is 60.2 Å². The highest BCUT2D eigenvalue weighted by molar-refractivity contribution is 7.91. The first-order valence-electron chi connectivity index (χ1n) is 8.43. The second-order valence-electron chi connectivity index (χ2n) is 6.33. The van der Waals surface area contributed by atoms with Gasteiger partial charge in [0, 0.05) is 18.3 Å². The number of benzene rings is 2. The van der Waals surface area contributed by atoms with Crippen molar-refractivity contribution in [2.45, 2.75) is 19.0 Å². The summed E-state index contributed by atoms with van der Waals surface area (Å²) < 4.78 is 28.9. The summed E-state index contributed by atoms with van der Waals surface area (Å²) in [6.45, 7) is 0.336. The maximum Gasteiger partial charge on any atom is 0.322 e. The maximum atomic E-state index is 12.8. The predicted octanol–water partition coefficient (Wildman–Crippen LogP) is 2.92. The minimum absolute atomic E-state index is 0.00532. The fourth-order valence-corrected chi connectivity index (χ4v) is 4.76. The Bertz CT molecular complexity index is 851. The third kappa shape index (κ3) is 4.54. The molecule has 1 fully saturated rings. The van der Waals surface area contributed by atoms with Gasteiger partial charge in [-0.15, -0.1) is 0 Å². The highest BCUT2D eigenvalue weighted by Gasteiger charge is 2.34. The van der Waals surface area contributed by atoms with E-state index < -0.39 is 9.84 Å². The number of rotatable bonds is 5.